The van der Waals surface area contributed by atoms with E-state index in [-0.39, 0.29) is 11.6 Å². The third-order valence-electron chi connectivity index (χ3n) is 4.51. The molecule has 18 heavy (non-hydrogen) atoms. The minimum Gasteiger partial charge on any atom is -0.507 e. The van der Waals surface area contributed by atoms with E-state index in [0.29, 0.717) is 5.75 Å². The van der Waals surface area contributed by atoms with Crippen LogP contribution in [0.4, 0.5) is 0 Å². The number of hydrogen-bond acceptors (Lipinski definition) is 3. The molecule has 0 radical (unpaired) electrons. The van der Waals surface area contributed by atoms with Crippen molar-refractivity contribution in [3.8, 4) is 11.5 Å². The Morgan fingerprint density at radius 1 is 1.50 bits per heavy atom. The Bertz CT molecular complexity index is 492. The van der Waals surface area contributed by atoms with Gasteiger partial charge < -0.3 is 15.6 Å². The molecule has 3 heteroatoms. The van der Waals surface area contributed by atoms with Gasteiger partial charge in [-0.05, 0) is 44.2 Å². The highest BCUT2D eigenvalue weighted by molar-refractivity contribution is 5.55. The minimum atomic E-state index is -0.0131. The van der Waals surface area contributed by atoms with Crippen LogP contribution in [0.15, 0.2) is 6.07 Å². The van der Waals surface area contributed by atoms with E-state index in [1.165, 1.54) is 6.42 Å². The SMILES string of the molecule is CCc1c(O)c(C)cc2c1C(N)CC1(CCC1)O2. The Kier molecular flexibility index (Phi) is 2.56. The van der Waals surface area contributed by atoms with Crippen LogP contribution in [0.2, 0.25) is 0 Å². The maximum absolute atomic E-state index is 10.2. The van der Waals surface area contributed by atoms with E-state index >= 15 is 0 Å². The van der Waals surface area contributed by atoms with Gasteiger partial charge in [0.05, 0.1) is 0 Å². The molecule has 1 saturated carbocycles. The highest BCUT2D eigenvalue weighted by Crippen LogP contribution is 2.50. The van der Waals surface area contributed by atoms with Gasteiger partial charge in [0.15, 0.2) is 0 Å². The monoisotopic (exact) mass is 247 g/mol. The number of ether oxygens (including phenoxy) is 1. The zero-order valence-corrected chi connectivity index (χ0v) is 11.1. The molecule has 1 aliphatic carbocycles. The van der Waals surface area contributed by atoms with E-state index in [0.717, 1.165) is 48.1 Å². The zero-order chi connectivity index (χ0) is 12.9. The van der Waals surface area contributed by atoms with Crippen LogP contribution in [0.5, 0.6) is 11.5 Å². The van der Waals surface area contributed by atoms with Gasteiger partial charge in [-0.1, -0.05) is 6.92 Å². The van der Waals surface area contributed by atoms with Crippen LogP contribution in [0.25, 0.3) is 0 Å². The lowest BCUT2D eigenvalue weighted by atomic mass is 9.72. The molecule has 1 aliphatic heterocycles. The molecule has 3 rings (SSSR count). The normalized spacial score (nSPS) is 24.3. The van der Waals surface area contributed by atoms with Crippen LogP contribution in [0.3, 0.4) is 0 Å². The summed E-state index contributed by atoms with van der Waals surface area (Å²) in [5.41, 5.74) is 9.20. The third-order valence-corrected chi connectivity index (χ3v) is 4.51. The number of nitrogens with two attached hydrogens (primary N) is 1. The predicted molar refractivity (Wildman–Crippen MR) is 71.0 cm³/mol. The molecule has 0 bridgehead atoms. The molecular formula is C15H21NO2. The Morgan fingerprint density at radius 3 is 2.78 bits per heavy atom. The second-order valence-corrected chi connectivity index (χ2v) is 5.74. The maximum atomic E-state index is 10.2. The van der Waals surface area contributed by atoms with Gasteiger partial charge in [-0.3, -0.25) is 0 Å². The standard InChI is InChI=1S/C15H21NO2/c1-3-10-13-11(16)8-15(5-4-6-15)18-12(13)7-9(2)14(10)17/h7,11,17H,3-6,8,16H2,1-2H3. The Balaban J connectivity index is 2.12. The van der Waals surface area contributed by atoms with Gasteiger partial charge in [0, 0.05) is 23.6 Å². The van der Waals surface area contributed by atoms with Crippen molar-refractivity contribution in [2.24, 2.45) is 5.73 Å². The zero-order valence-electron chi connectivity index (χ0n) is 11.1. The first-order valence-electron chi connectivity index (χ1n) is 6.86. The second-order valence-electron chi connectivity index (χ2n) is 5.74. The molecule has 1 unspecified atom stereocenters. The summed E-state index contributed by atoms with van der Waals surface area (Å²) in [6, 6.07) is 1.94. The summed E-state index contributed by atoms with van der Waals surface area (Å²) in [5.74, 6) is 1.29. The van der Waals surface area contributed by atoms with E-state index in [1.807, 2.05) is 13.0 Å². The van der Waals surface area contributed by atoms with Gasteiger partial charge in [-0.15, -0.1) is 0 Å². The second kappa shape index (κ2) is 3.89. The molecule has 1 atom stereocenters. The fourth-order valence-corrected chi connectivity index (χ4v) is 3.36. The first kappa shape index (κ1) is 11.8. The molecular weight excluding hydrogens is 226 g/mol. The Hall–Kier alpha value is -1.22. The lowest BCUT2D eigenvalue weighted by molar-refractivity contribution is -0.0332. The molecule has 1 heterocycles. The highest BCUT2D eigenvalue weighted by atomic mass is 16.5. The Morgan fingerprint density at radius 2 is 2.22 bits per heavy atom. The largest absolute Gasteiger partial charge is 0.507 e. The van der Waals surface area contributed by atoms with E-state index < -0.39 is 0 Å². The molecule has 1 spiro atoms. The van der Waals surface area contributed by atoms with Gasteiger partial charge >= 0.3 is 0 Å². The average molecular weight is 247 g/mol. The van der Waals surface area contributed by atoms with Crippen molar-refractivity contribution in [2.45, 2.75) is 57.6 Å². The van der Waals surface area contributed by atoms with Crippen molar-refractivity contribution in [2.75, 3.05) is 0 Å². The lowest BCUT2D eigenvalue weighted by Crippen LogP contribution is -2.48. The maximum Gasteiger partial charge on any atom is 0.125 e. The van der Waals surface area contributed by atoms with Crippen LogP contribution in [0.1, 0.15) is 55.3 Å². The highest BCUT2D eigenvalue weighted by Gasteiger charge is 2.45. The molecule has 0 saturated heterocycles. The van der Waals surface area contributed by atoms with Crippen LogP contribution in [-0.4, -0.2) is 10.7 Å². The Labute approximate surface area is 108 Å². The number of benzene rings is 1. The van der Waals surface area contributed by atoms with E-state index in [4.69, 9.17) is 10.5 Å². The number of aromatic hydroxyl groups is 1. The smallest absolute Gasteiger partial charge is 0.125 e. The van der Waals surface area contributed by atoms with Gasteiger partial charge in [-0.25, -0.2) is 0 Å². The fraction of sp³-hybridized carbons (Fsp3) is 0.600. The number of rotatable bonds is 1. The van der Waals surface area contributed by atoms with Crippen molar-refractivity contribution in [1.29, 1.82) is 0 Å². The topological polar surface area (TPSA) is 55.5 Å². The minimum absolute atomic E-state index is 0.00417. The summed E-state index contributed by atoms with van der Waals surface area (Å²) in [6.45, 7) is 3.97. The van der Waals surface area contributed by atoms with Crippen LogP contribution in [-0.2, 0) is 6.42 Å². The molecule has 2 aliphatic rings. The quantitative estimate of drug-likeness (QED) is 0.802. The van der Waals surface area contributed by atoms with Gasteiger partial charge in [0.25, 0.3) is 0 Å². The molecule has 1 aromatic rings. The van der Waals surface area contributed by atoms with Crippen LogP contribution >= 0.6 is 0 Å². The van der Waals surface area contributed by atoms with Crippen LogP contribution < -0.4 is 10.5 Å². The molecule has 1 fully saturated rings. The number of fused-ring (bicyclic) bond motifs is 1. The van der Waals surface area contributed by atoms with Crippen molar-refractivity contribution in [1.82, 2.24) is 0 Å². The van der Waals surface area contributed by atoms with Crippen molar-refractivity contribution >= 4 is 0 Å². The first-order chi connectivity index (χ1) is 8.56. The fourth-order valence-electron chi connectivity index (χ4n) is 3.36. The number of aryl methyl sites for hydroxylation is 1. The van der Waals surface area contributed by atoms with Gasteiger partial charge in [0.1, 0.15) is 17.1 Å². The van der Waals surface area contributed by atoms with Gasteiger partial charge in [0.2, 0.25) is 0 Å². The lowest BCUT2D eigenvalue weighted by Gasteiger charge is -2.47. The van der Waals surface area contributed by atoms with E-state index in [1.54, 1.807) is 0 Å². The molecule has 3 N–H and O–H groups in total. The number of phenols is 1. The summed E-state index contributed by atoms with van der Waals surface area (Å²) in [5, 5.41) is 10.2. The third kappa shape index (κ3) is 1.53. The molecule has 0 amide bonds. The average Bonchev–Trinajstić information content (AvgIpc) is 2.29. The molecule has 1 aromatic carbocycles. The molecule has 0 aromatic heterocycles. The van der Waals surface area contributed by atoms with E-state index in [2.05, 4.69) is 6.92 Å². The van der Waals surface area contributed by atoms with Crippen molar-refractivity contribution in [3.05, 3.63) is 22.8 Å². The first-order valence-corrected chi connectivity index (χ1v) is 6.86. The predicted octanol–water partition coefficient (Wildman–Crippen LogP) is 2.97. The summed E-state index contributed by atoms with van der Waals surface area (Å²) in [7, 11) is 0. The number of phenolic OH excluding ortho intramolecular Hbond substituents is 1. The van der Waals surface area contributed by atoms with E-state index in [9.17, 15) is 5.11 Å². The molecule has 98 valence electrons. The van der Waals surface area contributed by atoms with Crippen molar-refractivity contribution in [3.63, 3.8) is 0 Å². The van der Waals surface area contributed by atoms with Gasteiger partial charge in [-0.2, -0.15) is 0 Å². The summed E-state index contributed by atoms with van der Waals surface area (Å²) in [6.07, 6.45) is 5.14. The van der Waals surface area contributed by atoms with Crippen molar-refractivity contribution < 1.29 is 9.84 Å². The summed E-state index contributed by atoms with van der Waals surface area (Å²) < 4.78 is 6.21. The summed E-state index contributed by atoms with van der Waals surface area (Å²) in [4.78, 5) is 0. The van der Waals surface area contributed by atoms with Crippen LogP contribution in [0, 0.1) is 6.92 Å². The molecule has 3 nitrogen and oxygen atoms in total. The number of hydrogen-bond donors (Lipinski definition) is 2. The summed E-state index contributed by atoms with van der Waals surface area (Å²) >= 11 is 0.